The van der Waals surface area contributed by atoms with Gasteiger partial charge in [-0.05, 0) is 37.8 Å². The molecule has 0 aromatic carbocycles. The molecule has 2 aliphatic heterocycles. The van der Waals surface area contributed by atoms with Crippen LogP contribution in [0.1, 0.15) is 38.5 Å². The second-order valence-electron chi connectivity index (χ2n) is 8.39. The number of hydrogen-bond donors (Lipinski definition) is 0. The van der Waals surface area contributed by atoms with E-state index in [-0.39, 0.29) is 5.92 Å². The van der Waals surface area contributed by atoms with Crippen molar-refractivity contribution in [3.05, 3.63) is 18.5 Å². The number of aromatic nitrogens is 4. The summed E-state index contributed by atoms with van der Waals surface area (Å²) in [6.45, 7) is 5.66. The lowest BCUT2D eigenvalue weighted by Gasteiger charge is -2.40. The Labute approximate surface area is 165 Å². The average Bonchev–Trinajstić information content (AvgIpc) is 3.45. The van der Waals surface area contributed by atoms with E-state index in [1.807, 2.05) is 12.1 Å². The number of piperidine rings is 1. The van der Waals surface area contributed by atoms with Crippen LogP contribution in [0.4, 0.5) is 5.82 Å². The molecule has 3 fully saturated rings. The fourth-order valence-corrected chi connectivity index (χ4v) is 5.08. The summed E-state index contributed by atoms with van der Waals surface area (Å²) in [5.41, 5.74) is 0.755. The van der Waals surface area contributed by atoms with Gasteiger partial charge in [0.05, 0.1) is 0 Å². The van der Waals surface area contributed by atoms with Crippen molar-refractivity contribution in [3.63, 3.8) is 0 Å². The number of amides is 1. The van der Waals surface area contributed by atoms with Crippen molar-refractivity contribution in [2.75, 3.05) is 44.2 Å². The molecule has 8 heteroatoms. The molecule has 1 saturated carbocycles. The molecular formula is C20H29N7O. The third-order valence-electron chi connectivity index (χ3n) is 6.78. The zero-order chi connectivity index (χ0) is 18.9. The Hall–Kier alpha value is -2.22. The Morgan fingerprint density at radius 2 is 1.68 bits per heavy atom. The smallest absolute Gasteiger partial charge is 0.225 e. The number of carbonyl (C=O) groups excluding carboxylic acids is 1. The second kappa shape index (κ2) is 7.66. The quantitative estimate of drug-likeness (QED) is 0.799. The number of carbonyl (C=O) groups is 1. The highest BCUT2D eigenvalue weighted by atomic mass is 16.2. The monoisotopic (exact) mass is 383 g/mol. The predicted octanol–water partition coefficient (Wildman–Crippen LogP) is 1.43. The minimum absolute atomic E-state index is 0.160. The third kappa shape index (κ3) is 3.45. The van der Waals surface area contributed by atoms with Gasteiger partial charge >= 0.3 is 0 Å². The first-order valence-corrected chi connectivity index (χ1v) is 10.7. The summed E-state index contributed by atoms with van der Waals surface area (Å²) in [6, 6.07) is 4.71. The highest BCUT2D eigenvalue weighted by Gasteiger charge is 2.32. The molecule has 0 unspecified atom stereocenters. The molecule has 3 aliphatic rings. The Morgan fingerprint density at radius 1 is 0.929 bits per heavy atom. The largest absolute Gasteiger partial charge is 0.355 e. The maximum absolute atomic E-state index is 13.0. The van der Waals surface area contributed by atoms with Gasteiger partial charge in [-0.3, -0.25) is 9.69 Å². The lowest BCUT2D eigenvalue weighted by molar-refractivity contribution is -0.138. The van der Waals surface area contributed by atoms with E-state index in [1.54, 1.807) is 10.8 Å². The Balaban J connectivity index is 1.14. The maximum Gasteiger partial charge on any atom is 0.225 e. The minimum atomic E-state index is 0.160. The number of rotatable bonds is 3. The first kappa shape index (κ1) is 17.8. The summed E-state index contributed by atoms with van der Waals surface area (Å²) in [4.78, 5) is 20.0. The number of anilines is 1. The molecule has 5 rings (SSSR count). The van der Waals surface area contributed by atoms with Crippen LogP contribution in [0.2, 0.25) is 0 Å². The van der Waals surface area contributed by atoms with Crippen molar-refractivity contribution in [2.45, 2.75) is 44.6 Å². The average molecular weight is 384 g/mol. The zero-order valence-corrected chi connectivity index (χ0v) is 16.4. The summed E-state index contributed by atoms with van der Waals surface area (Å²) >= 11 is 0. The minimum Gasteiger partial charge on any atom is -0.355 e. The van der Waals surface area contributed by atoms with E-state index in [0.717, 1.165) is 69.6 Å². The molecule has 1 aliphatic carbocycles. The van der Waals surface area contributed by atoms with Crippen molar-refractivity contribution in [3.8, 4) is 0 Å². The van der Waals surface area contributed by atoms with E-state index in [2.05, 4.69) is 30.0 Å². The third-order valence-corrected chi connectivity index (χ3v) is 6.78. The van der Waals surface area contributed by atoms with Crippen LogP contribution in [0.3, 0.4) is 0 Å². The SMILES string of the molecule is O=C(C1CCN(c2ccc3nncn3n2)CC1)N1CCN(C2CCCC2)CC1. The van der Waals surface area contributed by atoms with E-state index >= 15 is 0 Å². The molecular weight excluding hydrogens is 354 g/mol. The number of hydrogen-bond acceptors (Lipinski definition) is 6. The zero-order valence-electron chi connectivity index (χ0n) is 16.4. The Bertz CT molecular complexity index is 815. The van der Waals surface area contributed by atoms with Gasteiger partial charge in [-0.15, -0.1) is 15.3 Å². The molecule has 1 amide bonds. The lowest BCUT2D eigenvalue weighted by Crippen LogP contribution is -2.53. The second-order valence-corrected chi connectivity index (χ2v) is 8.39. The normalized spacial score (nSPS) is 23.0. The summed E-state index contributed by atoms with van der Waals surface area (Å²) < 4.78 is 1.70. The van der Waals surface area contributed by atoms with Gasteiger partial charge in [0.2, 0.25) is 5.91 Å². The molecule has 0 spiro atoms. The molecule has 28 heavy (non-hydrogen) atoms. The van der Waals surface area contributed by atoms with E-state index in [4.69, 9.17) is 0 Å². The maximum atomic E-state index is 13.0. The van der Waals surface area contributed by atoms with Crippen LogP contribution in [0.5, 0.6) is 0 Å². The van der Waals surface area contributed by atoms with Crippen molar-refractivity contribution >= 4 is 17.4 Å². The molecule has 150 valence electrons. The van der Waals surface area contributed by atoms with E-state index < -0.39 is 0 Å². The van der Waals surface area contributed by atoms with Gasteiger partial charge < -0.3 is 9.80 Å². The van der Waals surface area contributed by atoms with Crippen LogP contribution in [0.25, 0.3) is 5.65 Å². The highest BCUT2D eigenvalue weighted by molar-refractivity contribution is 5.79. The van der Waals surface area contributed by atoms with Crippen LogP contribution in [-0.4, -0.2) is 80.8 Å². The number of fused-ring (bicyclic) bond motifs is 1. The standard InChI is InChI=1S/C20H29N7O/c28-20(26-13-11-24(12-14-26)17-3-1-2-4-17)16-7-9-25(10-8-16)19-6-5-18-22-21-15-27(18)23-19/h5-6,15-17H,1-4,7-14H2. The van der Waals surface area contributed by atoms with Gasteiger partial charge in [0.1, 0.15) is 12.1 Å². The van der Waals surface area contributed by atoms with Crippen LogP contribution >= 0.6 is 0 Å². The van der Waals surface area contributed by atoms with E-state index in [9.17, 15) is 4.79 Å². The van der Waals surface area contributed by atoms with Crippen LogP contribution in [0, 0.1) is 5.92 Å². The van der Waals surface area contributed by atoms with Gasteiger partial charge in [0, 0.05) is 51.2 Å². The summed E-state index contributed by atoms with van der Waals surface area (Å²) in [6.07, 6.45) is 8.89. The Morgan fingerprint density at radius 3 is 2.43 bits per heavy atom. The Kier molecular flexibility index (Phi) is 4.88. The van der Waals surface area contributed by atoms with Crippen molar-refractivity contribution in [2.24, 2.45) is 5.92 Å². The molecule has 2 saturated heterocycles. The van der Waals surface area contributed by atoms with Crippen molar-refractivity contribution in [1.29, 1.82) is 0 Å². The van der Waals surface area contributed by atoms with Crippen molar-refractivity contribution in [1.82, 2.24) is 29.6 Å². The van der Waals surface area contributed by atoms with Gasteiger partial charge in [0.25, 0.3) is 0 Å². The molecule has 2 aromatic rings. The van der Waals surface area contributed by atoms with E-state index in [0.29, 0.717) is 5.91 Å². The lowest BCUT2D eigenvalue weighted by atomic mass is 9.95. The molecule has 8 nitrogen and oxygen atoms in total. The fraction of sp³-hybridized carbons (Fsp3) is 0.700. The molecule has 4 heterocycles. The van der Waals surface area contributed by atoms with Gasteiger partial charge in [-0.25, -0.2) is 0 Å². The number of piperazine rings is 1. The van der Waals surface area contributed by atoms with Crippen molar-refractivity contribution < 1.29 is 4.79 Å². The molecule has 0 atom stereocenters. The van der Waals surface area contributed by atoms with Gasteiger partial charge in [-0.2, -0.15) is 4.52 Å². The first-order valence-electron chi connectivity index (χ1n) is 10.7. The predicted molar refractivity (Wildman–Crippen MR) is 106 cm³/mol. The van der Waals surface area contributed by atoms with Gasteiger partial charge in [-0.1, -0.05) is 12.8 Å². The molecule has 2 aromatic heterocycles. The van der Waals surface area contributed by atoms with Crippen LogP contribution < -0.4 is 4.90 Å². The first-order chi connectivity index (χ1) is 13.8. The fourth-order valence-electron chi connectivity index (χ4n) is 5.08. The molecule has 0 bridgehead atoms. The summed E-state index contributed by atoms with van der Waals surface area (Å²) in [5.74, 6) is 1.46. The highest BCUT2D eigenvalue weighted by Crippen LogP contribution is 2.26. The van der Waals surface area contributed by atoms with Gasteiger partial charge in [0.15, 0.2) is 5.65 Å². The molecule has 0 radical (unpaired) electrons. The summed E-state index contributed by atoms with van der Waals surface area (Å²) in [7, 11) is 0. The number of nitrogens with zero attached hydrogens (tertiary/aromatic N) is 7. The van der Waals surface area contributed by atoms with Crippen LogP contribution in [-0.2, 0) is 4.79 Å². The summed E-state index contributed by atoms with van der Waals surface area (Å²) in [5, 5.41) is 12.5. The van der Waals surface area contributed by atoms with E-state index in [1.165, 1.54) is 25.7 Å². The van der Waals surface area contributed by atoms with Crippen LogP contribution in [0.15, 0.2) is 18.5 Å². The molecule has 0 N–H and O–H groups in total. The topological polar surface area (TPSA) is 69.9 Å².